The Morgan fingerprint density at radius 3 is 2.49 bits per heavy atom. The van der Waals surface area contributed by atoms with Crippen molar-refractivity contribution in [2.45, 2.75) is 65.1 Å². The third kappa shape index (κ3) is 5.40. The number of hydrogen-bond acceptors (Lipinski definition) is 6. The molecule has 7 nitrogen and oxygen atoms in total. The number of piperidine rings is 1. The van der Waals surface area contributed by atoms with E-state index >= 15 is 0 Å². The highest BCUT2D eigenvalue weighted by Crippen LogP contribution is 2.37. The van der Waals surface area contributed by atoms with Crippen molar-refractivity contribution in [3.8, 4) is 5.75 Å². The lowest BCUT2D eigenvalue weighted by Gasteiger charge is -2.36. The molecule has 8 heteroatoms. The van der Waals surface area contributed by atoms with Gasteiger partial charge in [0.2, 0.25) is 0 Å². The maximum atomic E-state index is 12.9. The number of aromatic nitrogens is 1. The molecule has 3 aromatic rings. The Hall–Kier alpha value is -2.81. The minimum Gasteiger partial charge on any atom is -0.496 e. The lowest BCUT2D eigenvalue weighted by molar-refractivity contribution is 0.0544. The van der Waals surface area contributed by atoms with E-state index in [1.54, 1.807) is 30.0 Å². The Bertz CT molecular complexity index is 1200. The van der Waals surface area contributed by atoms with Crippen LogP contribution in [0.1, 0.15) is 62.8 Å². The molecule has 35 heavy (non-hydrogen) atoms. The van der Waals surface area contributed by atoms with Crippen molar-refractivity contribution in [1.82, 2.24) is 9.47 Å². The molecule has 186 valence electrons. The Morgan fingerprint density at radius 1 is 1.14 bits per heavy atom. The SMILES string of the molecule is COc1cc(C)c2c(ccn2C(=O)OC(C)(C)C)c1CN1CCCCC1c1ccc(B(O)O)cc1. The highest BCUT2D eigenvalue weighted by atomic mass is 16.6. The minimum absolute atomic E-state index is 0.211. The summed E-state index contributed by atoms with van der Waals surface area (Å²) in [6.07, 6.45) is 4.66. The van der Waals surface area contributed by atoms with E-state index in [4.69, 9.17) is 9.47 Å². The second-order valence-corrected chi connectivity index (χ2v) is 10.3. The fourth-order valence-corrected chi connectivity index (χ4v) is 5.02. The van der Waals surface area contributed by atoms with Crippen molar-refractivity contribution < 1.29 is 24.3 Å². The average molecular weight is 478 g/mol. The van der Waals surface area contributed by atoms with Gasteiger partial charge in [-0.2, -0.15) is 0 Å². The van der Waals surface area contributed by atoms with Gasteiger partial charge in [-0.3, -0.25) is 9.47 Å². The van der Waals surface area contributed by atoms with Crippen LogP contribution in [0, 0.1) is 6.92 Å². The van der Waals surface area contributed by atoms with Gasteiger partial charge in [0.1, 0.15) is 11.4 Å². The monoisotopic (exact) mass is 478 g/mol. The van der Waals surface area contributed by atoms with E-state index in [-0.39, 0.29) is 6.04 Å². The molecule has 1 aliphatic rings. The van der Waals surface area contributed by atoms with E-state index in [1.807, 2.05) is 52.0 Å². The normalized spacial score (nSPS) is 16.9. The molecule has 0 amide bonds. The lowest BCUT2D eigenvalue weighted by atomic mass is 9.79. The third-order valence-electron chi connectivity index (χ3n) is 6.63. The highest BCUT2D eigenvalue weighted by Gasteiger charge is 2.28. The summed E-state index contributed by atoms with van der Waals surface area (Å²) in [4.78, 5) is 15.4. The molecule has 0 saturated carbocycles. The minimum atomic E-state index is -1.47. The van der Waals surface area contributed by atoms with Crippen LogP contribution in [0.25, 0.3) is 10.9 Å². The maximum Gasteiger partial charge on any atom is 0.488 e. The molecule has 1 saturated heterocycles. The molecule has 0 aliphatic carbocycles. The van der Waals surface area contributed by atoms with Crippen LogP contribution in [0.3, 0.4) is 0 Å². The summed E-state index contributed by atoms with van der Waals surface area (Å²) < 4.78 is 13.0. The zero-order chi connectivity index (χ0) is 25.3. The standard InChI is InChI=1S/C27H35BN2O5/c1-18-16-24(34-5)22(21-13-15-30(25(18)21)26(31)35-27(2,3)4)17-29-14-7-6-8-23(29)19-9-11-20(12-10-19)28(32)33/h9-13,15-16,23,32-33H,6-8,14,17H2,1-5H3. The van der Waals surface area contributed by atoms with Gasteiger partial charge in [-0.15, -0.1) is 0 Å². The van der Waals surface area contributed by atoms with Crippen molar-refractivity contribution in [2.75, 3.05) is 13.7 Å². The van der Waals surface area contributed by atoms with Gasteiger partial charge >= 0.3 is 13.2 Å². The number of methoxy groups -OCH3 is 1. The number of hydrogen-bond donors (Lipinski definition) is 2. The summed E-state index contributed by atoms with van der Waals surface area (Å²) in [5.74, 6) is 0.806. The lowest BCUT2D eigenvalue weighted by Crippen LogP contribution is -2.34. The molecule has 4 rings (SSSR count). The van der Waals surface area contributed by atoms with Crippen LogP contribution in [0.2, 0.25) is 0 Å². The maximum absolute atomic E-state index is 12.9. The predicted molar refractivity (Wildman–Crippen MR) is 138 cm³/mol. The van der Waals surface area contributed by atoms with Gasteiger partial charge in [-0.25, -0.2) is 4.79 Å². The van der Waals surface area contributed by atoms with E-state index in [0.717, 1.165) is 59.2 Å². The number of carbonyl (C=O) groups excluding carboxylic acids is 1. The van der Waals surface area contributed by atoms with Crippen molar-refractivity contribution in [3.63, 3.8) is 0 Å². The number of carbonyl (C=O) groups is 1. The molecule has 2 heterocycles. The van der Waals surface area contributed by atoms with Gasteiger partial charge in [-0.05, 0) is 75.8 Å². The van der Waals surface area contributed by atoms with Crippen molar-refractivity contribution in [2.24, 2.45) is 0 Å². The Labute approximate surface area is 207 Å². The molecular weight excluding hydrogens is 443 g/mol. The summed E-state index contributed by atoms with van der Waals surface area (Å²) >= 11 is 0. The molecule has 2 aromatic carbocycles. The van der Waals surface area contributed by atoms with Crippen LogP contribution >= 0.6 is 0 Å². The number of aryl methyl sites for hydroxylation is 1. The fourth-order valence-electron chi connectivity index (χ4n) is 5.02. The summed E-state index contributed by atoms with van der Waals surface area (Å²) in [6.45, 7) is 9.19. The quantitative estimate of drug-likeness (QED) is 0.537. The number of likely N-dealkylation sites (tertiary alicyclic amines) is 1. The topological polar surface area (TPSA) is 84.2 Å². The summed E-state index contributed by atoms with van der Waals surface area (Å²) in [5.41, 5.74) is 3.89. The second-order valence-electron chi connectivity index (χ2n) is 10.3. The first kappa shape index (κ1) is 25.3. The molecule has 0 spiro atoms. The fraction of sp³-hybridized carbons (Fsp3) is 0.444. The van der Waals surface area contributed by atoms with E-state index in [1.165, 1.54) is 0 Å². The Balaban J connectivity index is 1.71. The predicted octanol–water partition coefficient (Wildman–Crippen LogP) is 4.15. The molecule has 2 N–H and O–H groups in total. The van der Waals surface area contributed by atoms with Gasteiger partial charge in [0.05, 0.1) is 12.6 Å². The van der Waals surface area contributed by atoms with Gasteiger partial charge in [0.25, 0.3) is 0 Å². The van der Waals surface area contributed by atoms with Crippen LogP contribution in [0.5, 0.6) is 5.75 Å². The molecule has 0 radical (unpaired) electrons. The number of rotatable bonds is 5. The third-order valence-corrected chi connectivity index (χ3v) is 6.63. The number of nitrogens with zero attached hydrogens (tertiary/aromatic N) is 2. The van der Waals surface area contributed by atoms with Crippen LogP contribution in [0.15, 0.2) is 42.6 Å². The summed E-state index contributed by atoms with van der Waals surface area (Å²) in [5, 5.41) is 19.9. The molecule has 0 bridgehead atoms. The largest absolute Gasteiger partial charge is 0.496 e. The number of benzene rings is 2. The van der Waals surface area contributed by atoms with Crippen LogP contribution in [-0.4, -0.2) is 52.0 Å². The van der Waals surface area contributed by atoms with E-state index in [0.29, 0.717) is 12.0 Å². The van der Waals surface area contributed by atoms with Gasteiger partial charge in [0.15, 0.2) is 0 Å². The van der Waals surface area contributed by atoms with E-state index < -0.39 is 18.8 Å². The number of ether oxygens (including phenoxy) is 2. The Morgan fingerprint density at radius 2 is 1.86 bits per heavy atom. The smallest absolute Gasteiger partial charge is 0.488 e. The van der Waals surface area contributed by atoms with Gasteiger partial charge in [-0.1, -0.05) is 30.7 Å². The second kappa shape index (κ2) is 10.1. The van der Waals surface area contributed by atoms with E-state index in [2.05, 4.69) is 4.90 Å². The van der Waals surface area contributed by atoms with Crippen molar-refractivity contribution >= 4 is 29.6 Å². The Kier molecular flexibility index (Phi) is 7.26. The molecule has 1 aliphatic heterocycles. The van der Waals surface area contributed by atoms with Crippen LogP contribution in [0.4, 0.5) is 4.79 Å². The summed E-state index contributed by atoms with van der Waals surface area (Å²) in [6, 6.07) is 11.7. The van der Waals surface area contributed by atoms with E-state index in [9.17, 15) is 14.8 Å². The van der Waals surface area contributed by atoms with Crippen molar-refractivity contribution in [3.05, 3.63) is 59.3 Å². The van der Waals surface area contributed by atoms with Crippen molar-refractivity contribution in [1.29, 1.82) is 0 Å². The molecule has 1 fully saturated rings. The molecule has 1 unspecified atom stereocenters. The number of fused-ring (bicyclic) bond motifs is 1. The highest BCUT2D eigenvalue weighted by molar-refractivity contribution is 6.58. The average Bonchev–Trinajstić information content (AvgIpc) is 3.26. The first-order valence-corrected chi connectivity index (χ1v) is 12.2. The van der Waals surface area contributed by atoms with Crippen LogP contribution < -0.4 is 10.2 Å². The zero-order valence-electron chi connectivity index (χ0n) is 21.2. The summed E-state index contributed by atoms with van der Waals surface area (Å²) in [7, 11) is 0.215. The molecular formula is C27H35BN2O5. The van der Waals surface area contributed by atoms with Gasteiger partial charge < -0.3 is 19.5 Å². The van der Waals surface area contributed by atoms with Crippen LogP contribution in [-0.2, 0) is 11.3 Å². The zero-order valence-corrected chi connectivity index (χ0v) is 21.2. The first-order valence-electron chi connectivity index (χ1n) is 12.2. The molecule has 1 aromatic heterocycles. The molecule has 1 atom stereocenters. The van der Waals surface area contributed by atoms with Gasteiger partial charge in [0, 0.05) is 29.7 Å². The first-order chi connectivity index (χ1) is 16.6.